The smallest absolute Gasteiger partial charge is 0.166 e. The molecule has 4 nitrogen and oxygen atoms in total. The second-order valence-electron chi connectivity index (χ2n) is 4.77. The summed E-state index contributed by atoms with van der Waals surface area (Å²) in [7, 11) is 0. The maximum absolute atomic E-state index is 5.23. The van der Waals surface area contributed by atoms with E-state index in [-0.39, 0.29) is 0 Å². The Labute approximate surface area is 129 Å². The fourth-order valence-corrected chi connectivity index (χ4v) is 2.29. The van der Waals surface area contributed by atoms with Gasteiger partial charge >= 0.3 is 0 Å². The van der Waals surface area contributed by atoms with Crippen LogP contribution >= 0.6 is 28.1 Å². The normalized spacial score (nSPS) is 12.3. The molecule has 2 N–H and O–H groups in total. The van der Waals surface area contributed by atoms with E-state index in [0.717, 1.165) is 41.2 Å². The van der Waals surface area contributed by atoms with Gasteiger partial charge in [0.2, 0.25) is 0 Å². The van der Waals surface area contributed by atoms with Crippen molar-refractivity contribution in [1.29, 1.82) is 0 Å². The predicted octanol–water partition coefficient (Wildman–Crippen LogP) is 2.92. The first kappa shape index (κ1) is 16.4. The summed E-state index contributed by atoms with van der Waals surface area (Å²) >= 11 is 8.76. The third kappa shape index (κ3) is 5.10. The minimum absolute atomic E-state index is 0.423. The summed E-state index contributed by atoms with van der Waals surface area (Å²) in [5.74, 6) is 0. The van der Waals surface area contributed by atoms with Gasteiger partial charge < -0.3 is 10.6 Å². The van der Waals surface area contributed by atoms with Gasteiger partial charge in [0.1, 0.15) is 0 Å². The topological polar surface area (TPSA) is 41.9 Å². The van der Waals surface area contributed by atoms with Crippen LogP contribution in [0.5, 0.6) is 0 Å². The number of nitrogens with one attached hydrogen (secondary N) is 2. The quantitative estimate of drug-likeness (QED) is 0.613. The highest BCUT2D eigenvalue weighted by atomic mass is 79.9. The zero-order valence-electron chi connectivity index (χ0n) is 12.1. The Hall–Kier alpha value is -0.620. The van der Waals surface area contributed by atoms with E-state index < -0.39 is 0 Å². The third-order valence-electron chi connectivity index (χ3n) is 3.12. The van der Waals surface area contributed by atoms with Crippen molar-refractivity contribution in [3.63, 3.8) is 0 Å². The number of hydrogen-bond donors (Lipinski definition) is 2. The van der Waals surface area contributed by atoms with Crippen LogP contribution in [-0.4, -0.2) is 27.5 Å². The first-order valence-electron chi connectivity index (χ1n) is 6.69. The Balaban J connectivity index is 2.27. The maximum Gasteiger partial charge on any atom is 0.166 e. The molecule has 108 valence electrons. The van der Waals surface area contributed by atoms with Crippen LogP contribution in [0.2, 0.25) is 0 Å². The molecule has 1 atom stereocenters. The van der Waals surface area contributed by atoms with E-state index in [2.05, 4.69) is 52.4 Å². The molecular formula is C13H23BrN4S. The maximum atomic E-state index is 5.23. The highest BCUT2D eigenvalue weighted by molar-refractivity contribution is 9.10. The van der Waals surface area contributed by atoms with Crippen molar-refractivity contribution in [3.05, 3.63) is 15.9 Å². The standard InChI is InChI=1S/C13H23BrN4S/c1-5-9(2)16-13(19)15-7-6-8-18-11(4)12(14)10(3)17-18/h9H,5-8H2,1-4H3,(H2,15,16,19). The minimum atomic E-state index is 0.423. The van der Waals surface area contributed by atoms with Crippen molar-refractivity contribution < 1.29 is 0 Å². The average molecular weight is 347 g/mol. The molecule has 1 unspecified atom stereocenters. The molecule has 0 aliphatic carbocycles. The average Bonchev–Trinajstić information content (AvgIpc) is 2.62. The van der Waals surface area contributed by atoms with Crippen molar-refractivity contribution in [2.45, 2.75) is 53.1 Å². The summed E-state index contributed by atoms with van der Waals surface area (Å²) in [5, 5.41) is 11.7. The second kappa shape index (κ2) is 7.85. The molecule has 1 aromatic heterocycles. The third-order valence-corrected chi connectivity index (χ3v) is 4.53. The number of halogens is 1. The van der Waals surface area contributed by atoms with Gasteiger partial charge in [0, 0.05) is 24.8 Å². The second-order valence-corrected chi connectivity index (χ2v) is 5.97. The highest BCUT2D eigenvalue weighted by Crippen LogP contribution is 2.19. The van der Waals surface area contributed by atoms with Crippen molar-refractivity contribution >= 4 is 33.3 Å². The Morgan fingerprint density at radius 3 is 2.68 bits per heavy atom. The summed E-state index contributed by atoms with van der Waals surface area (Å²) in [5.41, 5.74) is 2.22. The molecule has 0 radical (unpaired) electrons. The Kier molecular flexibility index (Phi) is 6.79. The Bertz CT molecular complexity index is 431. The molecule has 0 saturated heterocycles. The summed E-state index contributed by atoms with van der Waals surface area (Å²) in [6, 6.07) is 0.423. The molecule has 0 spiro atoms. The zero-order chi connectivity index (χ0) is 14.4. The lowest BCUT2D eigenvalue weighted by atomic mass is 10.3. The molecule has 1 rings (SSSR count). The van der Waals surface area contributed by atoms with Crippen LogP contribution in [0.1, 0.15) is 38.1 Å². The van der Waals surface area contributed by atoms with Crippen molar-refractivity contribution in [2.75, 3.05) is 6.54 Å². The molecule has 0 fully saturated rings. The summed E-state index contributed by atoms with van der Waals surface area (Å²) < 4.78 is 3.14. The predicted molar refractivity (Wildman–Crippen MR) is 87.5 cm³/mol. The number of rotatable bonds is 6. The molecule has 0 bridgehead atoms. The van der Waals surface area contributed by atoms with Crippen molar-refractivity contribution in [3.8, 4) is 0 Å². The van der Waals surface area contributed by atoms with E-state index >= 15 is 0 Å². The zero-order valence-corrected chi connectivity index (χ0v) is 14.5. The van der Waals surface area contributed by atoms with Crippen molar-refractivity contribution in [1.82, 2.24) is 20.4 Å². The van der Waals surface area contributed by atoms with E-state index in [1.54, 1.807) is 0 Å². The van der Waals surface area contributed by atoms with Gasteiger partial charge in [-0.3, -0.25) is 4.68 Å². The van der Waals surface area contributed by atoms with E-state index in [0.29, 0.717) is 6.04 Å². The van der Waals surface area contributed by atoms with Crippen molar-refractivity contribution in [2.24, 2.45) is 0 Å². The van der Waals surface area contributed by atoms with E-state index in [4.69, 9.17) is 12.2 Å². The molecule has 1 heterocycles. The van der Waals surface area contributed by atoms with Crippen LogP contribution in [0, 0.1) is 13.8 Å². The van der Waals surface area contributed by atoms with E-state index in [9.17, 15) is 0 Å². The lowest BCUT2D eigenvalue weighted by Crippen LogP contribution is -2.40. The summed E-state index contributed by atoms with van der Waals surface area (Å²) in [6.45, 7) is 10.1. The number of thiocarbonyl (C=S) groups is 1. The van der Waals surface area contributed by atoms with E-state index in [1.165, 1.54) is 5.69 Å². The summed E-state index contributed by atoms with van der Waals surface area (Å²) in [6.07, 6.45) is 2.07. The fourth-order valence-electron chi connectivity index (χ4n) is 1.70. The van der Waals surface area contributed by atoms with Gasteiger partial charge in [0.25, 0.3) is 0 Å². The molecule has 1 aromatic rings. The summed E-state index contributed by atoms with van der Waals surface area (Å²) in [4.78, 5) is 0. The number of hydrogen-bond acceptors (Lipinski definition) is 2. The molecule has 0 aromatic carbocycles. The van der Waals surface area contributed by atoms with Crippen LogP contribution in [-0.2, 0) is 6.54 Å². The van der Waals surface area contributed by atoms with Gasteiger partial charge in [-0.25, -0.2) is 0 Å². The van der Waals surface area contributed by atoms with Gasteiger partial charge in [-0.15, -0.1) is 0 Å². The SMILES string of the molecule is CCC(C)NC(=S)NCCCn1nc(C)c(Br)c1C. The Morgan fingerprint density at radius 1 is 1.47 bits per heavy atom. The van der Waals surface area contributed by atoms with Gasteiger partial charge in [-0.1, -0.05) is 6.92 Å². The monoisotopic (exact) mass is 346 g/mol. The lowest BCUT2D eigenvalue weighted by molar-refractivity contribution is 0.553. The number of nitrogens with zero attached hydrogens (tertiary/aromatic N) is 2. The van der Waals surface area contributed by atoms with Gasteiger partial charge in [-0.2, -0.15) is 5.10 Å². The number of aromatic nitrogens is 2. The molecular weight excluding hydrogens is 324 g/mol. The number of aryl methyl sites for hydroxylation is 2. The molecule has 19 heavy (non-hydrogen) atoms. The van der Waals surface area contributed by atoms with Crippen LogP contribution < -0.4 is 10.6 Å². The van der Waals surface area contributed by atoms with Crippen LogP contribution in [0.3, 0.4) is 0 Å². The molecule has 0 amide bonds. The van der Waals surface area contributed by atoms with Gasteiger partial charge in [0.05, 0.1) is 10.2 Å². The van der Waals surface area contributed by atoms with Gasteiger partial charge in [0.15, 0.2) is 5.11 Å². The van der Waals surface area contributed by atoms with Crippen LogP contribution in [0.4, 0.5) is 0 Å². The molecule has 0 saturated carbocycles. The Morgan fingerprint density at radius 2 is 2.16 bits per heavy atom. The van der Waals surface area contributed by atoms with Crippen LogP contribution in [0.15, 0.2) is 4.47 Å². The van der Waals surface area contributed by atoms with Gasteiger partial charge in [-0.05, 0) is 61.8 Å². The van der Waals surface area contributed by atoms with Crippen LogP contribution in [0.25, 0.3) is 0 Å². The first-order chi connectivity index (χ1) is 8.95. The molecule has 0 aliphatic rings. The highest BCUT2D eigenvalue weighted by Gasteiger charge is 2.08. The minimum Gasteiger partial charge on any atom is -0.363 e. The first-order valence-corrected chi connectivity index (χ1v) is 7.89. The van der Waals surface area contributed by atoms with E-state index in [1.807, 2.05) is 11.6 Å². The molecule has 0 aliphatic heterocycles. The largest absolute Gasteiger partial charge is 0.363 e. The lowest BCUT2D eigenvalue weighted by Gasteiger charge is -2.15. The fraction of sp³-hybridized carbons (Fsp3) is 0.692. The molecule has 6 heteroatoms.